The highest BCUT2D eigenvalue weighted by Crippen LogP contribution is 2.26. The summed E-state index contributed by atoms with van der Waals surface area (Å²) in [5, 5.41) is 2.64. The van der Waals surface area contributed by atoms with Crippen LogP contribution in [0, 0.1) is 0 Å². The van der Waals surface area contributed by atoms with Gasteiger partial charge in [0.15, 0.2) is 0 Å². The Bertz CT molecular complexity index is 661. The minimum absolute atomic E-state index is 0.0290. The summed E-state index contributed by atoms with van der Waals surface area (Å²) < 4.78 is 5.24. The van der Waals surface area contributed by atoms with Crippen molar-refractivity contribution >= 4 is 29.4 Å². The van der Waals surface area contributed by atoms with Crippen molar-refractivity contribution in [3.8, 4) is 0 Å². The van der Waals surface area contributed by atoms with Crippen LogP contribution in [0.15, 0.2) is 24.3 Å². The molecular formula is C16H20N4O4. The summed E-state index contributed by atoms with van der Waals surface area (Å²) in [5.41, 5.74) is 1.50. The number of urea groups is 1. The van der Waals surface area contributed by atoms with E-state index in [2.05, 4.69) is 5.32 Å². The van der Waals surface area contributed by atoms with Gasteiger partial charge in [-0.1, -0.05) is 0 Å². The van der Waals surface area contributed by atoms with Crippen molar-refractivity contribution in [3.05, 3.63) is 24.3 Å². The molecule has 0 spiro atoms. The van der Waals surface area contributed by atoms with Gasteiger partial charge in [0.1, 0.15) is 6.10 Å². The SMILES string of the molecule is CC(=O)NC[C@H]1CN(c2ccc(N3CCN(C)C3=O)cc2)C(=O)O1. The summed E-state index contributed by atoms with van der Waals surface area (Å²) in [7, 11) is 1.77. The molecule has 2 heterocycles. The number of likely N-dealkylation sites (N-methyl/N-ethyl adjacent to an activating group) is 1. The van der Waals surface area contributed by atoms with E-state index in [1.165, 1.54) is 11.8 Å². The smallest absolute Gasteiger partial charge is 0.414 e. The molecule has 0 aliphatic carbocycles. The average molecular weight is 332 g/mol. The molecule has 2 aliphatic rings. The fraction of sp³-hybridized carbons (Fsp3) is 0.438. The molecular weight excluding hydrogens is 312 g/mol. The number of rotatable bonds is 4. The van der Waals surface area contributed by atoms with E-state index >= 15 is 0 Å². The first-order valence-electron chi connectivity index (χ1n) is 7.81. The lowest BCUT2D eigenvalue weighted by molar-refractivity contribution is -0.119. The van der Waals surface area contributed by atoms with Crippen molar-refractivity contribution in [1.29, 1.82) is 0 Å². The van der Waals surface area contributed by atoms with Crippen molar-refractivity contribution in [3.63, 3.8) is 0 Å². The molecule has 0 radical (unpaired) electrons. The molecule has 1 atom stereocenters. The second-order valence-electron chi connectivity index (χ2n) is 5.93. The number of nitrogens with one attached hydrogen (secondary N) is 1. The molecule has 8 heteroatoms. The van der Waals surface area contributed by atoms with Crippen LogP contribution in [0.4, 0.5) is 21.0 Å². The molecule has 128 valence electrons. The molecule has 1 N–H and O–H groups in total. The van der Waals surface area contributed by atoms with Gasteiger partial charge in [-0.25, -0.2) is 9.59 Å². The van der Waals surface area contributed by atoms with Crippen LogP contribution in [0.1, 0.15) is 6.92 Å². The molecule has 24 heavy (non-hydrogen) atoms. The maximum atomic E-state index is 12.0. The maximum Gasteiger partial charge on any atom is 0.414 e. The second-order valence-corrected chi connectivity index (χ2v) is 5.93. The number of hydrogen-bond donors (Lipinski definition) is 1. The van der Waals surface area contributed by atoms with Crippen LogP contribution in [-0.2, 0) is 9.53 Å². The molecule has 2 aliphatic heterocycles. The zero-order valence-corrected chi connectivity index (χ0v) is 13.7. The van der Waals surface area contributed by atoms with Gasteiger partial charge in [-0.15, -0.1) is 0 Å². The van der Waals surface area contributed by atoms with E-state index in [0.717, 1.165) is 5.69 Å². The van der Waals surface area contributed by atoms with Crippen LogP contribution in [0.5, 0.6) is 0 Å². The van der Waals surface area contributed by atoms with Crippen LogP contribution in [0.2, 0.25) is 0 Å². The number of hydrogen-bond acceptors (Lipinski definition) is 4. The summed E-state index contributed by atoms with van der Waals surface area (Å²) in [5.74, 6) is -0.158. The Labute approximate surface area is 139 Å². The molecule has 8 nitrogen and oxygen atoms in total. The third-order valence-corrected chi connectivity index (χ3v) is 4.14. The Morgan fingerprint density at radius 2 is 1.79 bits per heavy atom. The number of carbonyl (C=O) groups excluding carboxylic acids is 3. The van der Waals surface area contributed by atoms with Gasteiger partial charge < -0.3 is 15.0 Å². The van der Waals surface area contributed by atoms with E-state index in [4.69, 9.17) is 4.74 Å². The molecule has 0 bridgehead atoms. The lowest BCUT2D eigenvalue weighted by Crippen LogP contribution is -2.33. The van der Waals surface area contributed by atoms with Crippen molar-refractivity contribution in [2.24, 2.45) is 0 Å². The highest BCUT2D eigenvalue weighted by atomic mass is 16.6. The van der Waals surface area contributed by atoms with Crippen LogP contribution >= 0.6 is 0 Å². The quantitative estimate of drug-likeness (QED) is 0.892. The van der Waals surface area contributed by atoms with Gasteiger partial charge in [0.05, 0.1) is 13.1 Å². The standard InChI is InChI=1S/C16H20N4O4/c1-11(21)17-9-14-10-20(16(23)24-14)13-5-3-12(4-6-13)19-8-7-18(2)15(19)22/h3-6,14H,7-10H2,1-2H3,(H,17,21)/t14-/m0/s1. The summed E-state index contributed by atoms with van der Waals surface area (Å²) >= 11 is 0. The fourth-order valence-corrected chi connectivity index (χ4v) is 2.80. The molecule has 0 unspecified atom stereocenters. The van der Waals surface area contributed by atoms with Gasteiger partial charge in [0, 0.05) is 38.4 Å². The predicted octanol–water partition coefficient (Wildman–Crippen LogP) is 1.02. The minimum atomic E-state index is -0.435. The first kappa shape index (κ1) is 16.1. The van der Waals surface area contributed by atoms with Crippen LogP contribution in [0.3, 0.4) is 0 Å². The van der Waals surface area contributed by atoms with Crippen molar-refractivity contribution < 1.29 is 19.1 Å². The second kappa shape index (κ2) is 6.38. The summed E-state index contributed by atoms with van der Waals surface area (Å²) in [6.07, 6.45) is -0.801. The fourth-order valence-electron chi connectivity index (χ4n) is 2.80. The van der Waals surface area contributed by atoms with Gasteiger partial charge in [-0.2, -0.15) is 0 Å². The Kier molecular flexibility index (Phi) is 4.28. The highest BCUT2D eigenvalue weighted by molar-refractivity contribution is 5.95. The third-order valence-electron chi connectivity index (χ3n) is 4.14. The maximum absolute atomic E-state index is 12.0. The van der Waals surface area contributed by atoms with Gasteiger partial charge in [-0.05, 0) is 24.3 Å². The number of cyclic esters (lactones) is 1. The van der Waals surface area contributed by atoms with Gasteiger partial charge >= 0.3 is 12.1 Å². The molecule has 2 saturated heterocycles. The number of nitrogens with zero attached hydrogens (tertiary/aromatic N) is 3. The molecule has 0 saturated carbocycles. The lowest BCUT2D eigenvalue weighted by Gasteiger charge is -2.18. The Morgan fingerprint density at radius 3 is 2.33 bits per heavy atom. The van der Waals surface area contributed by atoms with E-state index in [9.17, 15) is 14.4 Å². The van der Waals surface area contributed by atoms with Gasteiger partial charge in [0.25, 0.3) is 0 Å². The van der Waals surface area contributed by atoms with Crippen LogP contribution in [-0.4, -0.2) is 62.3 Å². The Balaban J connectivity index is 1.66. The highest BCUT2D eigenvalue weighted by Gasteiger charge is 2.32. The van der Waals surface area contributed by atoms with Crippen molar-refractivity contribution in [2.75, 3.05) is 43.0 Å². The molecule has 0 aromatic heterocycles. The van der Waals surface area contributed by atoms with Crippen molar-refractivity contribution in [2.45, 2.75) is 13.0 Å². The molecule has 3 rings (SSSR count). The van der Waals surface area contributed by atoms with E-state index in [0.29, 0.717) is 31.9 Å². The minimum Gasteiger partial charge on any atom is -0.442 e. The zero-order valence-electron chi connectivity index (χ0n) is 13.7. The molecule has 2 fully saturated rings. The largest absolute Gasteiger partial charge is 0.442 e. The van der Waals surface area contributed by atoms with E-state index in [-0.39, 0.29) is 18.0 Å². The number of benzene rings is 1. The molecule has 4 amide bonds. The Hall–Kier alpha value is -2.77. The molecule has 1 aromatic carbocycles. The average Bonchev–Trinajstić information content (AvgIpc) is 3.09. The van der Waals surface area contributed by atoms with Crippen LogP contribution in [0.25, 0.3) is 0 Å². The van der Waals surface area contributed by atoms with Crippen molar-refractivity contribution in [1.82, 2.24) is 10.2 Å². The normalized spacial score (nSPS) is 20.6. The van der Waals surface area contributed by atoms with E-state index in [1.54, 1.807) is 29.0 Å². The number of amides is 4. The van der Waals surface area contributed by atoms with Gasteiger partial charge in [-0.3, -0.25) is 14.6 Å². The monoisotopic (exact) mass is 332 g/mol. The first-order valence-corrected chi connectivity index (χ1v) is 7.81. The van der Waals surface area contributed by atoms with E-state index in [1.807, 2.05) is 12.1 Å². The first-order chi connectivity index (χ1) is 11.5. The molecule has 1 aromatic rings. The number of ether oxygens (including phenoxy) is 1. The topological polar surface area (TPSA) is 82.2 Å². The number of anilines is 2. The van der Waals surface area contributed by atoms with Crippen LogP contribution < -0.4 is 15.1 Å². The zero-order chi connectivity index (χ0) is 17.3. The van der Waals surface area contributed by atoms with Gasteiger partial charge in [0.2, 0.25) is 5.91 Å². The van der Waals surface area contributed by atoms with E-state index < -0.39 is 6.09 Å². The lowest BCUT2D eigenvalue weighted by atomic mass is 10.2. The number of carbonyl (C=O) groups is 3. The predicted molar refractivity (Wildman–Crippen MR) is 88.1 cm³/mol. The third kappa shape index (κ3) is 3.12. The Morgan fingerprint density at radius 1 is 1.17 bits per heavy atom. The summed E-state index contributed by atoms with van der Waals surface area (Å²) in [6.45, 7) is 3.45. The summed E-state index contributed by atoms with van der Waals surface area (Å²) in [4.78, 5) is 39.8. The summed E-state index contributed by atoms with van der Waals surface area (Å²) in [6, 6.07) is 7.20.